The molecule has 0 aliphatic rings. The lowest BCUT2D eigenvalue weighted by Gasteiger charge is -2.08. The zero-order valence-electron chi connectivity index (χ0n) is 8.41. The van der Waals surface area contributed by atoms with Gasteiger partial charge in [-0.2, -0.15) is 0 Å². The summed E-state index contributed by atoms with van der Waals surface area (Å²) in [6.07, 6.45) is 3.73. The van der Waals surface area contributed by atoms with Crippen molar-refractivity contribution < 1.29 is 9.53 Å². The third-order valence-corrected chi connectivity index (χ3v) is 1.94. The quantitative estimate of drug-likeness (QED) is 0.739. The van der Waals surface area contributed by atoms with Crippen LogP contribution in [0.15, 0.2) is 12.4 Å². The van der Waals surface area contributed by atoms with Crippen LogP contribution in [0.1, 0.15) is 29.8 Å². The Morgan fingerprint density at radius 1 is 1.50 bits per heavy atom. The number of hydrogen-bond acceptors (Lipinski definition) is 4. The number of carbonyl (C=O) groups is 1. The number of aromatic nitrogens is 1. The summed E-state index contributed by atoms with van der Waals surface area (Å²) in [5.41, 5.74) is 7.51. The molecule has 2 N–H and O–H groups in total. The molecule has 0 saturated heterocycles. The molecule has 0 aromatic carbocycles. The molecule has 0 aliphatic heterocycles. The highest BCUT2D eigenvalue weighted by Gasteiger charge is 2.13. The molecule has 0 atom stereocenters. The largest absolute Gasteiger partial charge is 0.462 e. The second-order valence-electron chi connectivity index (χ2n) is 2.83. The van der Waals surface area contributed by atoms with Crippen molar-refractivity contribution in [3.8, 4) is 0 Å². The monoisotopic (exact) mass is 194 g/mol. The first-order valence-electron chi connectivity index (χ1n) is 4.60. The van der Waals surface area contributed by atoms with Gasteiger partial charge in [0.25, 0.3) is 0 Å². The van der Waals surface area contributed by atoms with Gasteiger partial charge in [-0.15, -0.1) is 0 Å². The van der Waals surface area contributed by atoms with Gasteiger partial charge in [0.2, 0.25) is 0 Å². The third kappa shape index (κ3) is 2.02. The lowest BCUT2D eigenvalue weighted by molar-refractivity contribution is 0.0524. The van der Waals surface area contributed by atoms with Crippen LogP contribution in [-0.4, -0.2) is 17.6 Å². The number of rotatable bonds is 3. The highest BCUT2D eigenvalue weighted by atomic mass is 16.5. The predicted octanol–water partition coefficient (Wildman–Crippen LogP) is 1.40. The minimum atomic E-state index is -0.357. The topological polar surface area (TPSA) is 65.2 Å². The van der Waals surface area contributed by atoms with E-state index < -0.39 is 0 Å². The summed E-state index contributed by atoms with van der Waals surface area (Å²) in [4.78, 5) is 15.3. The lowest BCUT2D eigenvalue weighted by Crippen LogP contribution is -2.10. The minimum absolute atomic E-state index is 0.357. The molecule has 76 valence electrons. The van der Waals surface area contributed by atoms with Crippen LogP contribution in [0, 0.1) is 0 Å². The van der Waals surface area contributed by atoms with Crippen molar-refractivity contribution in [3.05, 3.63) is 23.5 Å². The van der Waals surface area contributed by atoms with E-state index in [1.165, 1.54) is 6.20 Å². The van der Waals surface area contributed by atoms with Crippen LogP contribution < -0.4 is 5.73 Å². The number of nitrogens with zero attached hydrogens (tertiary/aromatic N) is 1. The standard InChI is InChI=1S/C10H14N2O2/c1-3-7-8(10(13)14-4-2)5-12-6-9(7)11/h5-6H,3-4,11H2,1-2H3. The summed E-state index contributed by atoms with van der Waals surface area (Å²) < 4.78 is 4.89. The molecule has 1 rings (SSSR count). The van der Waals surface area contributed by atoms with Crippen LogP contribution in [0.25, 0.3) is 0 Å². The van der Waals surface area contributed by atoms with Gasteiger partial charge in [-0.1, -0.05) is 6.92 Å². The molecule has 0 aliphatic carbocycles. The number of esters is 1. The molecular weight excluding hydrogens is 180 g/mol. The van der Waals surface area contributed by atoms with E-state index in [0.717, 1.165) is 5.56 Å². The first-order valence-corrected chi connectivity index (χ1v) is 4.60. The van der Waals surface area contributed by atoms with E-state index >= 15 is 0 Å². The summed E-state index contributed by atoms with van der Waals surface area (Å²) in [5.74, 6) is -0.357. The summed E-state index contributed by atoms with van der Waals surface area (Å²) >= 11 is 0. The van der Waals surface area contributed by atoms with E-state index in [1.807, 2.05) is 6.92 Å². The Morgan fingerprint density at radius 2 is 2.21 bits per heavy atom. The van der Waals surface area contributed by atoms with Crippen LogP contribution in [-0.2, 0) is 11.2 Å². The highest BCUT2D eigenvalue weighted by molar-refractivity contribution is 5.92. The SMILES string of the molecule is CCOC(=O)c1cncc(N)c1CC. The van der Waals surface area contributed by atoms with Gasteiger partial charge in [0.05, 0.1) is 24.1 Å². The van der Waals surface area contributed by atoms with E-state index in [4.69, 9.17) is 10.5 Å². The number of nitrogen functional groups attached to an aromatic ring is 1. The van der Waals surface area contributed by atoms with Crippen LogP contribution >= 0.6 is 0 Å². The lowest BCUT2D eigenvalue weighted by atomic mass is 10.1. The van der Waals surface area contributed by atoms with Crippen molar-refractivity contribution in [2.24, 2.45) is 0 Å². The van der Waals surface area contributed by atoms with Crippen molar-refractivity contribution in [2.75, 3.05) is 12.3 Å². The van der Waals surface area contributed by atoms with Gasteiger partial charge in [0, 0.05) is 6.20 Å². The molecule has 1 heterocycles. The van der Waals surface area contributed by atoms with Crippen molar-refractivity contribution >= 4 is 11.7 Å². The molecule has 1 aromatic heterocycles. The van der Waals surface area contributed by atoms with Crippen LogP contribution in [0.2, 0.25) is 0 Å². The van der Waals surface area contributed by atoms with Gasteiger partial charge >= 0.3 is 5.97 Å². The Kier molecular flexibility index (Phi) is 3.45. The zero-order chi connectivity index (χ0) is 10.6. The van der Waals surface area contributed by atoms with E-state index in [9.17, 15) is 4.79 Å². The smallest absolute Gasteiger partial charge is 0.340 e. The first kappa shape index (κ1) is 10.5. The maximum absolute atomic E-state index is 11.5. The normalized spacial score (nSPS) is 9.86. The molecule has 0 unspecified atom stereocenters. The van der Waals surface area contributed by atoms with Gasteiger partial charge < -0.3 is 10.5 Å². The van der Waals surface area contributed by atoms with Gasteiger partial charge in [0.1, 0.15) is 0 Å². The number of nitrogens with two attached hydrogens (primary N) is 1. The Bertz CT molecular complexity index is 337. The molecule has 1 aromatic rings. The van der Waals surface area contributed by atoms with Gasteiger partial charge in [-0.25, -0.2) is 4.79 Å². The number of hydrogen-bond donors (Lipinski definition) is 1. The molecule has 0 radical (unpaired) electrons. The van der Waals surface area contributed by atoms with E-state index in [0.29, 0.717) is 24.3 Å². The average Bonchev–Trinajstić information content (AvgIpc) is 2.17. The van der Waals surface area contributed by atoms with Crippen LogP contribution in [0.4, 0.5) is 5.69 Å². The first-order chi connectivity index (χ1) is 6.70. The summed E-state index contributed by atoms with van der Waals surface area (Å²) in [7, 11) is 0. The number of ether oxygens (including phenoxy) is 1. The van der Waals surface area contributed by atoms with Crippen molar-refractivity contribution in [3.63, 3.8) is 0 Å². The molecule has 4 nitrogen and oxygen atoms in total. The van der Waals surface area contributed by atoms with Gasteiger partial charge in [-0.05, 0) is 18.9 Å². The highest BCUT2D eigenvalue weighted by Crippen LogP contribution is 2.16. The van der Waals surface area contributed by atoms with Crippen LogP contribution in [0.3, 0.4) is 0 Å². The number of pyridine rings is 1. The molecule has 0 fully saturated rings. The maximum atomic E-state index is 11.5. The Labute approximate surface area is 83.1 Å². The third-order valence-electron chi connectivity index (χ3n) is 1.94. The fourth-order valence-electron chi connectivity index (χ4n) is 1.28. The molecular formula is C10H14N2O2. The van der Waals surface area contributed by atoms with E-state index in [2.05, 4.69) is 4.98 Å². The van der Waals surface area contributed by atoms with Gasteiger partial charge in [-0.3, -0.25) is 4.98 Å². The fraction of sp³-hybridized carbons (Fsp3) is 0.400. The van der Waals surface area contributed by atoms with E-state index in [1.54, 1.807) is 13.1 Å². The number of anilines is 1. The molecule has 4 heteroatoms. The van der Waals surface area contributed by atoms with Crippen molar-refractivity contribution in [1.82, 2.24) is 4.98 Å². The summed E-state index contributed by atoms with van der Waals surface area (Å²) in [6.45, 7) is 4.06. The Morgan fingerprint density at radius 3 is 2.79 bits per heavy atom. The minimum Gasteiger partial charge on any atom is -0.462 e. The number of carbonyl (C=O) groups excluding carboxylic acids is 1. The molecule has 0 bridgehead atoms. The molecule has 0 spiro atoms. The second kappa shape index (κ2) is 4.60. The Balaban J connectivity index is 3.07. The molecule has 0 amide bonds. The van der Waals surface area contributed by atoms with Crippen LogP contribution in [0.5, 0.6) is 0 Å². The van der Waals surface area contributed by atoms with E-state index in [-0.39, 0.29) is 5.97 Å². The summed E-state index contributed by atoms with van der Waals surface area (Å²) in [5, 5.41) is 0. The average molecular weight is 194 g/mol. The maximum Gasteiger partial charge on any atom is 0.340 e. The van der Waals surface area contributed by atoms with Crippen molar-refractivity contribution in [1.29, 1.82) is 0 Å². The second-order valence-corrected chi connectivity index (χ2v) is 2.83. The van der Waals surface area contributed by atoms with Crippen molar-refractivity contribution in [2.45, 2.75) is 20.3 Å². The fourth-order valence-corrected chi connectivity index (χ4v) is 1.28. The zero-order valence-corrected chi connectivity index (χ0v) is 8.41. The molecule has 0 saturated carbocycles. The molecule has 14 heavy (non-hydrogen) atoms. The van der Waals surface area contributed by atoms with Gasteiger partial charge in [0.15, 0.2) is 0 Å². The summed E-state index contributed by atoms with van der Waals surface area (Å²) in [6, 6.07) is 0. The Hall–Kier alpha value is -1.58. The predicted molar refractivity (Wildman–Crippen MR) is 54.0 cm³/mol.